The molecule has 0 aliphatic rings. The summed E-state index contributed by atoms with van der Waals surface area (Å²) in [5, 5.41) is 7.83. The maximum absolute atomic E-state index is 7.83. The van der Waals surface area contributed by atoms with Crippen LogP contribution in [0.3, 0.4) is 0 Å². The molecule has 1 rings (SSSR count). The zero-order chi connectivity index (χ0) is 15.8. The van der Waals surface area contributed by atoms with E-state index in [-0.39, 0.29) is 11.9 Å². The number of nitrogens with two attached hydrogens (primary N) is 2. The predicted octanol–water partition coefficient (Wildman–Crippen LogP) is 1.75. The highest BCUT2D eigenvalue weighted by Crippen LogP contribution is 2.14. The molecule has 1 aromatic carbocycles. The molecule has 0 saturated heterocycles. The number of rotatable bonds is 6. The van der Waals surface area contributed by atoms with Gasteiger partial charge >= 0.3 is 0 Å². The minimum absolute atomic E-state index is 0.0673. The van der Waals surface area contributed by atoms with Crippen molar-refractivity contribution >= 4 is 11.9 Å². The number of guanidine groups is 2. The van der Waals surface area contributed by atoms with Crippen LogP contribution in [0.25, 0.3) is 0 Å². The van der Waals surface area contributed by atoms with Crippen LogP contribution in [0.5, 0.6) is 5.75 Å². The van der Waals surface area contributed by atoms with Gasteiger partial charge in [0.25, 0.3) is 0 Å². The smallest absolute Gasteiger partial charge is 0.221 e. The van der Waals surface area contributed by atoms with Crippen molar-refractivity contribution in [2.45, 2.75) is 27.3 Å². The normalized spacial score (nSPS) is 10.3. The van der Waals surface area contributed by atoms with Crippen molar-refractivity contribution in [3.63, 3.8) is 0 Å². The summed E-state index contributed by atoms with van der Waals surface area (Å²) < 4.78 is 5.64. The molecule has 0 radical (unpaired) electrons. The van der Waals surface area contributed by atoms with Crippen molar-refractivity contribution in [2.75, 3.05) is 13.2 Å². The van der Waals surface area contributed by atoms with Gasteiger partial charge < -0.3 is 21.1 Å². The molecule has 6 nitrogen and oxygen atoms in total. The topological polar surface area (TPSA) is 101 Å². The van der Waals surface area contributed by atoms with Crippen LogP contribution < -0.4 is 16.2 Å². The summed E-state index contributed by atoms with van der Waals surface area (Å²) >= 11 is 0. The summed E-state index contributed by atoms with van der Waals surface area (Å²) in [4.78, 5) is 5.55. The van der Waals surface area contributed by atoms with Gasteiger partial charge in [0.15, 0.2) is 5.96 Å². The third-order valence-electron chi connectivity index (χ3n) is 2.80. The Labute approximate surface area is 126 Å². The van der Waals surface area contributed by atoms with Gasteiger partial charge in [-0.25, -0.2) is 0 Å². The van der Waals surface area contributed by atoms with Gasteiger partial charge in [-0.3, -0.25) is 5.41 Å². The molecule has 1 aromatic rings. The number of benzene rings is 1. The highest BCUT2D eigenvalue weighted by Gasteiger charge is 2.08. The van der Waals surface area contributed by atoms with Crippen molar-refractivity contribution in [1.29, 1.82) is 5.41 Å². The zero-order valence-corrected chi connectivity index (χ0v) is 13.0. The lowest BCUT2D eigenvalue weighted by Crippen LogP contribution is -2.32. The Morgan fingerprint density at radius 3 is 2.38 bits per heavy atom. The molecule has 0 bridgehead atoms. The lowest BCUT2D eigenvalue weighted by molar-refractivity contribution is 0.271. The lowest BCUT2D eigenvalue weighted by atomic mass is 10.2. The van der Waals surface area contributed by atoms with E-state index in [2.05, 4.69) is 18.8 Å². The van der Waals surface area contributed by atoms with Crippen LogP contribution in [-0.2, 0) is 6.54 Å². The first-order chi connectivity index (χ1) is 9.92. The van der Waals surface area contributed by atoms with E-state index in [1.807, 2.05) is 31.2 Å². The molecule has 116 valence electrons. The van der Waals surface area contributed by atoms with Gasteiger partial charge in [0.05, 0.1) is 6.61 Å². The largest absolute Gasteiger partial charge is 0.493 e. The molecule has 0 aromatic heterocycles. The number of nitrogens with one attached hydrogen (secondary N) is 1. The molecule has 21 heavy (non-hydrogen) atoms. The van der Waals surface area contributed by atoms with Crippen LogP contribution >= 0.6 is 0 Å². The van der Waals surface area contributed by atoms with Crippen LogP contribution in [0.15, 0.2) is 29.3 Å². The first-order valence-electron chi connectivity index (χ1n) is 7.07. The first kappa shape index (κ1) is 16.8. The zero-order valence-electron chi connectivity index (χ0n) is 13.0. The number of hydrogen-bond acceptors (Lipinski definition) is 2. The lowest BCUT2D eigenvalue weighted by Gasteiger charge is -2.21. The molecule has 0 spiro atoms. The fraction of sp³-hybridized carbons (Fsp3) is 0.467. The highest BCUT2D eigenvalue weighted by molar-refractivity contribution is 5.91. The number of aliphatic imine (C=N–C) groups is 1. The van der Waals surface area contributed by atoms with Gasteiger partial charge in [-0.15, -0.1) is 0 Å². The fourth-order valence-corrected chi connectivity index (χ4v) is 1.70. The fourth-order valence-electron chi connectivity index (χ4n) is 1.70. The van der Waals surface area contributed by atoms with E-state index in [1.165, 1.54) is 0 Å². The van der Waals surface area contributed by atoms with E-state index in [0.717, 1.165) is 11.3 Å². The van der Waals surface area contributed by atoms with E-state index < -0.39 is 0 Å². The van der Waals surface area contributed by atoms with Gasteiger partial charge in [0.2, 0.25) is 5.96 Å². The second-order valence-electron chi connectivity index (χ2n) is 5.22. The van der Waals surface area contributed by atoms with E-state index in [1.54, 1.807) is 4.90 Å². The Hall–Kier alpha value is -2.24. The average molecular weight is 291 g/mol. The van der Waals surface area contributed by atoms with Crippen molar-refractivity contribution in [3.8, 4) is 5.75 Å². The molecule has 0 amide bonds. The summed E-state index contributed by atoms with van der Waals surface area (Å²) in [5.74, 6) is 1.32. The molecule has 5 N–H and O–H groups in total. The van der Waals surface area contributed by atoms with Gasteiger partial charge in [-0.05, 0) is 30.5 Å². The number of ether oxygens (including phenoxy) is 1. The molecule has 0 unspecified atom stereocenters. The van der Waals surface area contributed by atoms with Crippen LogP contribution in [0, 0.1) is 11.3 Å². The maximum atomic E-state index is 7.83. The molecule has 6 heteroatoms. The van der Waals surface area contributed by atoms with Crippen LogP contribution in [0.4, 0.5) is 0 Å². The van der Waals surface area contributed by atoms with Gasteiger partial charge in [0.1, 0.15) is 5.75 Å². The minimum Gasteiger partial charge on any atom is -0.493 e. The Bertz CT molecular complexity index is 477. The van der Waals surface area contributed by atoms with Crippen molar-refractivity contribution in [2.24, 2.45) is 22.4 Å². The average Bonchev–Trinajstić information content (AvgIpc) is 2.42. The molecule has 0 fully saturated rings. The third-order valence-corrected chi connectivity index (χ3v) is 2.80. The quantitative estimate of drug-likeness (QED) is 0.549. The summed E-state index contributed by atoms with van der Waals surface area (Å²) in [6.07, 6.45) is 0. The minimum atomic E-state index is -0.101. The number of nitrogens with zero attached hydrogens (tertiary/aromatic N) is 2. The molecule has 0 heterocycles. The Kier molecular flexibility index (Phi) is 6.52. The first-order valence-corrected chi connectivity index (χ1v) is 7.07. The van der Waals surface area contributed by atoms with E-state index in [4.69, 9.17) is 21.6 Å². The van der Waals surface area contributed by atoms with Crippen molar-refractivity contribution in [1.82, 2.24) is 4.90 Å². The summed E-state index contributed by atoms with van der Waals surface area (Å²) in [6.45, 7) is 8.12. The predicted molar refractivity (Wildman–Crippen MR) is 86.4 cm³/mol. The van der Waals surface area contributed by atoms with Crippen LogP contribution in [0.1, 0.15) is 26.3 Å². The second kappa shape index (κ2) is 8.14. The summed E-state index contributed by atoms with van der Waals surface area (Å²) in [7, 11) is 0. The molecular weight excluding hydrogens is 266 g/mol. The summed E-state index contributed by atoms with van der Waals surface area (Å²) in [6, 6.07) is 7.85. The van der Waals surface area contributed by atoms with Crippen molar-refractivity contribution < 1.29 is 4.74 Å². The third kappa shape index (κ3) is 6.16. The highest BCUT2D eigenvalue weighted by atomic mass is 16.5. The van der Waals surface area contributed by atoms with E-state index >= 15 is 0 Å². The SMILES string of the molecule is CCN(Cc1ccc(OCC(C)C)cc1)C(=N)N=C(N)N. The van der Waals surface area contributed by atoms with E-state index in [9.17, 15) is 0 Å². The van der Waals surface area contributed by atoms with Gasteiger partial charge in [0, 0.05) is 13.1 Å². The Morgan fingerprint density at radius 1 is 1.29 bits per heavy atom. The van der Waals surface area contributed by atoms with Crippen LogP contribution in [-0.4, -0.2) is 30.0 Å². The van der Waals surface area contributed by atoms with Gasteiger partial charge in [-0.2, -0.15) is 4.99 Å². The standard InChI is InChI=1S/C15H25N5O/c1-4-20(15(18)19-14(16)17)9-12-5-7-13(8-6-12)21-10-11(2)3/h5-8,11H,4,9-10H2,1-3H3,(H5,16,17,18,19). The van der Waals surface area contributed by atoms with E-state index in [0.29, 0.717) is 25.6 Å². The maximum Gasteiger partial charge on any atom is 0.221 e. The van der Waals surface area contributed by atoms with Crippen molar-refractivity contribution in [3.05, 3.63) is 29.8 Å². The van der Waals surface area contributed by atoms with Crippen LogP contribution in [0.2, 0.25) is 0 Å². The molecule has 0 aliphatic heterocycles. The molecule has 0 aliphatic carbocycles. The molecule has 0 atom stereocenters. The molecular formula is C15H25N5O. The Morgan fingerprint density at radius 2 is 1.90 bits per heavy atom. The number of hydrogen-bond donors (Lipinski definition) is 3. The summed E-state index contributed by atoms with van der Waals surface area (Å²) in [5.41, 5.74) is 11.7. The molecule has 0 saturated carbocycles. The second-order valence-corrected chi connectivity index (χ2v) is 5.22. The Balaban J connectivity index is 2.65. The monoisotopic (exact) mass is 291 g/mol. The van der Waals surface area contributed by atoms with Gasteiger partial charge in [-0.1, -0.05) is 26.0 Å².